The minimum Gasteiger partial charge on any atom is -0.482 e. The Morgan fingerprint density at radius 2 is 2.00 bits per heavy atom. The quantitative estimate of drug-likeness (QED) is 0.542. The number of carbonyl (C=O) groups excluding carboxylic acids is 1. The third kappa shape index (κ3) is 5.90. The first-order valence-corrected chi connectivity index (χ1v) is 12.0. The number of nitrogens with zero attached hydrogens (tertiary/aromatic N) is 1. The van der Waals surface area contributed by atoms with Gasteiger partial charge in [-0.3, -0.25) is 9.10 Å². The van der Waals surface area contributed by atoms with Crippen LogP contribution in [0.1, 0.15) is 25.8 Å². The number of anilines is 1. The molecule has 0 aliphatic carbocycles. The maximum absolute atomic E-state index is 13.1. The van der Waals surface area contributed by atoms with E-state index < -0.39 is 10.0 Å². The van der Waals surface area contributed by atoms with Crippen molar-refractivity contribution in [3.05, 3.63) is 53.1 Å². The number of ether oxygens (including phenoxy) is 2. The smallest absolute Gasteiger partial charge is 0.264 e. The molecular formula is C22H27ClN2O5S. The van der Waals surface area contributed by atoms with Crippen LogP contribution in [0.25, 0.3) is 0 Å². The van der Waals surface area contributed by atoms with E-state index >= 15 is 0 Å². The van der Waals surface area contributed by atoms with Crippen molar-refractivity contribution < 1.29 is 22.7 Å². The van der Waals surface area contributed by atoms with E-state index in [1.807, 2.05) is 32.0 Å². The lowest BCUT2D eigenvalue weighted by atomic mass is 10.2. The molecule has 0 saturated carbocycles. The average molecular weight is 467 g/mol. The van der Waals surface area contributed by atoms with Crippen molar-refractivity contribution in [2.24, 2.45) is 0 Å². The number of amides is 1. The van der Waals surface area contributed by atoms with Crippen LogP contribution in [0, 0.1) is 0 Å². The van der Waals surface area contributed by atoms with Gasteiger partial charge in [0.05, 0.1) is 21.7 Å². The highest BCUT2D eigenvalue weighted by Crippen LogP contribution is 2.34. The van der Waals surface area contributed by atoms with E-state index in [1.165, 1.54) is 22.5 Å². The van der Waals surface area contributed by atoms with Gasteiger partial charge in [0.25, 0.3) is 15.9 Å². The van der Waals surface area contributed by atoms with Crippen molar-refractivity contribution in [3.8, 4) is 5.75 Å². The van der Waals surface area contributed by atoms with Crippen molar-refractivity contribution in [2.75, 3.05) is 30.6 Å². The van der Waals surface area contributed by atoms with Crippen LogP contribution in [0.5, 0.6) is 5.75 Å². The Labute approximate surface area is 188 Å². The second kappa shape index (κ2) is 10.3. The van der Waals surface area contributed by atoms with Crippen molar-refractivity contribution in [3.63, 3.8) is 0 Å². The molecule has 1 amide bonds. The summed E-state index contributed by atoms with van der Waals surface area (Å²) in [6, 6.07) is 11.7. The number of fused-ring (bicyclic) bond motifs is 1. The summed E-state index contributed by atoms with van der Waals surface area (Å²) in [7, 11) is -3.74. The summed E-state index contributed by atoms with van der Waals surface area (Å²) in [5, 5.41) is 2.87. The van der Waals surface area contributed by atoms with Crippen LogP contribution < -0.4 is 14.4 Å². The highest BCUT2D eigenvalue weighted by Gasteiger charge is 2.31. The van der Waals surface area contributed by atoms with Crippen molar-refractivity contribution in [1.29, 1.82) is 0 Å². The summed E-state index contributed by atoms with van der Waals surface area (Å²) in [6.07, 6.45) is 1.54. The van der Waals surface area contributed by atoms with E-state index in [4.69, 9.17) is 21.1 Å². The molecule has 0 fully saturated rings. The zero-order valence-corrected chi connectivity index (χ0v) is 19.2. The van der Waals surface area contributed by atoms with Gasteiger partial charge in [0, 0.05) is 19.7 Å². The summed E-state index contributed by atoms with van der Waals surface area (Å²) >= 11 is 6.24. The molecule has 3 rings (SSSR count). The number of sulfonamides is 1. The first-order chi connectivity index (χ1) is 14.8. The lowest BCUT2D eigenvalue weighted by Crippen LogP contribution is -2.30. The fourth-order valence-corrected chi connectivity index (χ4v) is 5.09. The Morgan fingerprint density at radius 3 is 2.74 bits per heavy atom. The summed E-state index contributed by atoms with van der Waals surface area (Å²) in [5.74, 6) is -0.0354. The SMILES string of the molecule is CC(C)OCCCNC(=O)COc1ccc(S(=O)(=O)N2CCc3ccccc32)cc1Cl. The van der Waals surface area contributed by atoms with Gasteiger partial charge in [0.1, 0.15) is 5.75 Å². The molecule has 31 heavy (non-hydrogen) atoms. The molecular weight excluding hydrogens is 440 g/mol. The molecule has 2 aromatic rings. The number of hydrogen-bond acceptors (Lipinski definition) is 5. The standard InChI is InChI=1S/C22H27ClN2O5S/c1-16(2)29-13-5-11-24-22(26)15-30-21-9-8-18(14-19(21)23)31(27,28)25-12-10-17-6-3-4-7-20(17)25/h3-4,6-9,14,16H,5,10-13,15H2,1-2H3,(H,24,26). The highest BCUT2D eigenvalue weighted by atomic mass is 35.5. The molecule has 1 N–H and O–H groups in total. The molecule has 0 unspecified atom stereocenters. The monoisotopic (exact) mass is 466 g/mol. The van der Waals surface area contributed by atoms with Crippen LogP contribution in [0.15, 0.2) is 47.4 Å². The maximum Gasteiger partial charge on any atom is 0.264 e. The largest absolute Gasteiger partial charge is 0.482 e. The van der Waals surface area contributed by atoms with Gasteiger partial charge in [0.2, 0.25) is 0 Å². The molecule has 0 aromatic heterocycles. The van der Waals surface area contributed by atoms with Gasteiger partial charge in [-0.2, -0.15) is 0 Å². The highest BCUT2D eigenvalue weighted by molar-refractivity contribution is 7.92. The van der Waals surface area contributed by atoms with Gasteiger partial charge in [-0.05, 0) is 56.5 Å². The molecule has 0 spiro atoms. The van der Waals surface area contributed by atoms with E-state index in [9.17, 15) is 13.2 Å². The first kappa shape index (κ1) is 23.4. The third-order valence-electron chi connectivity index (χ3n) is 4.79. The summed E-state index contributed by atoms with van der Waals surface area (Å²) in [5.41, 5.74) is 1.69. The van der Waals surface area contributed by atoms with Gasteiger partial charge in [0.15, 0.2) is 6.61 Å². The van der Waals surface area contributed by atoms with E-state index in [-0.39, 0.29) is 34.3 Å². The molecule has 0 bridgehead atoms. The fourth-order valence-electron chi connectivity index (χ4n) is 3.26. The van der Waals surface area contributed by atoms with E-state index in [0.29, 0.717) is 38.2 Å². The molecule has 2 aromatic carbocycles. The molecule has 1 aliphatic rings. The molecule has 1 aliphatic heterocycles. The lowest BCUT2D eigenvalue weighted by molar-refractivity contribution is -0.123. The van der Waals surface area contributed by atoms with Gasteiger partial charge in [-0.25, -0.2) is 8.42 Å². The predicted molar refractivity (Wildman–Crippen MR) is 120 cm³/mol. The van der Waals surface area contributed by atoms with Gasteiger partial charge in [-0.1, -0.05) is 29.8 Å². The zero-order valence-electron chi connectivity index (χ0n) is 17.6. The average Bonchev–Trinajstić information content (AvgIpc) is 3.17. The summed E-state index contributed by atoms with van der Waals surface area (Å²) < 4.78 is 38.4. The van der Waals surface area contributed by atoms with Crippen LogP contribution in [0.2, 0.25) is 5.02 Å². The van der Waals surface area contributed by atoms with Gasteiger partial charge < -0.3 is 14.8 Å². The number of hydrogen-bond donors (Lipinski definition) is 1. The van der Waals surface area contributed by atoms with Crippen LogP contribution in [-0.2, 0) is 26.0 Å². The predicted octanol–water partition coefficient (Wildman–Crippen LogP) is 3.40. The summed E-state index contributed by atoms with van der Waals surface area (Å²) in [4.78, 5) is 12.0. The third-order valence-corrected chi connectivity index (χ3v) is 6.89. The molecule has 9 heteroatoms. The molecule has 0 atom stereocenters. The normalized spacial score (nSPS) is 13.4. The van der Waals surface area contributed by atoms with Crippen molar-refractivity contribution >= 4 is 33.2 Å². The van der Waals surface area contributed by atoms with Crippen LogP contribution in [-0.4, -0.2) is 46.7 Å². The van der Waals surface area contributed by atoms with E-state index in [2.05, 4.69) is 5.32 Å². The first-order valence-electron chi connectivity index (χ1n) is 10.2. The summed E-state index contributed by atoms with van der Waals surface area (Å²) in [6.45, 7) is 5.14. The Bertz CT molecular complexity index is 1030. The Hall–Kier alpha value is -2.29. The topological polar surface area (TPSA) is 84.9 Å². The Balaban J connectivity index is 1.57. The fraction of sp³-hybridized carbons (Fsp3) is 0.409. The van der Waals surface area contributed by atoms with Crippen LogP contribution in [0.3, 0.4) is 0 Å². The lowest BCUT2D eigenvalue weighted by Gasteiger charge is -2.20. The van der Waals surface area contributed by atoms with Crippen molar-refractivity contribution in [2.45, 2.75) is 37.7 Å². The van der Waals surface area contributed by atoms with Gasteiger partial charge in [-0.15, -0.1) is 0 Å². The molecule has 0 saturated heterocycles. The maximum atomic E-state index is 13.1. The zero-order chi connectivity index (χ0) is 22.4. The molecule has 0 radical (unpaired) electrons. The van der Waals surface area contributed by atoms with Gasteiger partial charge >= 0.3 is 0 Å². The minimum absolute atomic E-state index is 0.0798. The number of para-hydroxylation sites is 1. The minimum atomic E-state index is -3.74. The molecule has 7 nitrogen and oxygen atoms in total. The second-order valence-electron chi connectivity index (χ2n) is 7.46. The number of benzene rings is 2. The Morgan fingerprint density at radius 1 is 1.23 bits per heavy atom. The number of rotatable bonds is 10. The van der Waals surface area contributed by atoms with Crippen LogP contribution in [0.4, 0.5) is 5.69 Å². The number of halogens is 1. The molecule has 1 heterocycles. The molecule has 168 valence electrons. The number of nitrogens with one attached hydrogen (secondary N) is 1. The second-order valence-corrected chi connectivity index (χ2v) is 9.73. The van der Waals surface area contributed by atoms with E-state index in [0.717, 1.165) is 5.56 Å². The van der Waals surface area contributed by atoms with E-state index in [1.54, 1.807) is 6.07 Å². The Kier molecular flexibility index (Phi) is 7.80. The van der Waals surface area contributed by atoms with Crippen molar-refractivity contribution in [1.82, 2.24) is 5.32 Å². The van der Waals surface area contributed by atoms with Crippen LogP contribution >= 0.6 is 11.6 Å². The number of carbonyl (C=O) groups is 1.